The molecule has 1 aromatic rings. The van der Waals surface area contributed by atoms with Gasteiger partial charge in [-0.05, 0) is 13.0 Å². The lowest BCUT2D eigenvalue weighted by Gasteiger charge is -2.02. The van der Waals surface area contributed by atoms with Gasteiger partial charge in [-0.2, -0.15) is 0 Å². The molecule has 0 saturated heterocycles. The molecule has 0 saturated carbocycles. The summed E-state index contributed by atoms with van der Waals surface area (Å²) in [5, 5.41) is 0.230. The summed E-state index contributed by atoms with van der Waals surface area (Å²) < 4.78 is 4.54. The number of Topliss-reactive ketones (excluding diaryl/α,β-unsaturated/α-hetero) is 1. The van der Waals surface area contributed by atoms with Crippen LogP contribution in [0.25, 0.3) is 0 Å². The van der Waals surface area contributed by atoms with E-state index in [-0.39, 0.29) is 22.3 Å². The predicted molar refractivity (Wildman–Crippen MR) is 55.2 cm³/mol. The molecule has 0 aliphatic heterocycles. The van der Waals surface area contributed by atoms with E-state index in [4.69, 9.17) is 23.2 Å². The minimum absolute atomic E-state index is 0.0143. The summed E-state index contributed by atoms with van der Waals surface area (Å²) in [6.07, 6.45) is 1.14. The fourth-order valence-electron chi connectivity index (χ4n) is 0.881. The van der Waals surface area contributed by atoms with Crippen LogP contribution in [-0.4, -0.2) is 23.3 Å². The highest BCUT2D eigenvalue weighted by Crippen LogP contribution is 2.19. The molecule has 6 heteroatoms. The first-order valence-corrected chi connectivity index (χ1v) is 4.84. The molecular formula is C9H7Cl2NO3. The molecule has 0 aromatic carbocycles. The predicted octanol–water partition coefficient (Wildman–Crippen LogP) is 2.13. The molecule has 0 bridgehead atoms. The van der Waals surface area contributed by atoms with Crippen molar-refractivity contribution in [3.63, 3.8) is 0 Å². The van der Waals surface area contributed by atoms with Crippen molar-refractivity contribution in [3.05, 3.63) is 28.0 Å². The van der Waals surface area contributed by atoms with Crippen LogP contribution in [-0.2, 0) is 9.53 Å². The number of hydrogen-bond donors (Lipinski definition) is 0. The summed E-state index contributed by atoms with van der Waals surface area (Å²) >= 11 is 11.3. The molecule has 1 aromatic heterocycles. The molecule has 0 N–H and O–H groups in total. The van der Waals surface area contributed by atoms with Gasteiger partial charge in [0.05, 0.1) is 17.2 Å². The van der Waals surface area contributed by atoms with Gasteiger partial charge in [-0.3, -0.25) is 4.79 Å². The standard InChI is InChI=1S/C9H7Cl2NO3/c1-2-15-9(14)8(13)5-4-12-7(11)3-6(5)10/h3-4H,2H2,1H3. The maximum atomic E-state index is 11.4. The van der Waals surface area contributed by atoms with Crippen LogP contribution < -0.4 is 0 Å². The number of esters is 1. The van der Waals surface area contributed by atoms with Gasteiger partial charge in [-0.1, -0.05) is 23.2 Å². The SMILES string of the molecule is CCOC(=O)C(=O)c1cnc(Cl)cc1Cl. The quantitative estimate of drug-likeness (QED) is 0.356. The molecule has 15 heavy (non-hydrogen) atoms. The molecule has 1 rings (SSSR count). The Balaban J connectivity index is 2.96. The van der Waals surface area contributed by atoms with Crippen LogP contribution in [0, 0.1) is 0 Å². The molecular weight excluding hydrogens is 241 g/mol. The number of carbonyl (C=O) groups excluding carboxylic acids is 2. The first kappa shape index (κ1) is 11.9. The monoisotopic (exact) mass is 247 g/mol. The van der Waals surface area contributed by atoms with Crippen molar-refractivity contribution in [2.75, 3.05) is 6.61 Å². The molecule has 80 valence electrons. The van der Waals surface area contributed by atoms with E-state index in [9.17, 15) is 9.59 Å². The molecule has 0 aliphatic rings. The van der Waals surface area contributed by atoms with E-state index in [2.05, 4.69) is 9.72 Å². The number of ketones is 1. The molecule has 0 atom stereocenters. The minimum Gasteiger partial charge on any atom is -0.460 e. The third-order valence-corrected chi connectivity index (χ3v) is 2.04. The van der Waals surface area contributed by atoms with Gasteiger partial charge < -0.3 is 4.74 Å². The third kappa shape index (κ3) is 2.91. The molecule has 4 nitrogen and oxygen atoms in total. The maximum Gasteiger partial charge on any atom is 0.379 e. The topological polar surface area (TPSA) is 56.3 Å². The number of rotatable bonds is 3. The highest BCUT2D eigenvalue weighted by atomic mass is 35.5. The van der Waals surface area contributed by atoms with Crippen molar-refractivity contribution in [2.24, 2.45) is 0 Å². The van der Waals surface area contributed by atoms with Gasteiger partial charge in [-0.25, -0.2) is 9.78 Å². The fraction of sp³-hybridized carbons (Fsp3) is 0.222. The second-order valence-corrected chi connectivity index (χ2v) is 3.33. The number of ether oxygens (including phenoxy) is 1. The summed E-state index contributed by atoms with van der Waals surface area (Å²) in [6.45, 7) is 1.73. The van der Waals surface area contributed by atoms with Crippen LogP contribution in [0.1, 0.15) is 17.3 Å². The summed E-state index contributed by atoms with van der Waals surface area (Å²) in [5.41, 5.74) is -0.0143. The molecule has 0 unspecified atom stereocenters. The Bertz CT molecular complexity index is 406. The third-order valence-electron chi connectivity index (χ3n) is 1.53. The number of nitrogens with zero attached hydrogens (tertiary/aromatic N) is 1. The summed E-state index contributed by atoms with van der Waals surface area (Å²) in [6, 6.07) is 1.29. The lowest BCUT2D eigenvalue weighted by atomic mass is 10.2. The van der Waals surface area contributed by atoms with E-state index in [1.54, 1.807) is 6.92 Å². The second-order valence-electron chi connectivity index (χ2n) is 2.54. The lowest BCUT2D eigenvalue weighted by molar-refractivity contribution is -0.137. The lowest BCUT2D eigenvalue weighted by Crippen LogP contribution is -2.18. The van der Waals surface area contributed by atoms with E-state index in [0.717, 1.165) is 6.20 Å². The Kier molecular flexibility index (Phi) is 4.05. The van der Waals surface area contributed by atoms with Crippen LogP contribution in [0.3, 0.4) is 0 Å². The maximum absolute atomic E-state index is 11.4. The fourth-order valence-corrected chi connectivity index (χ4v) is 1.33. The van der Waals surface area contributed by atoms with Crippen molar-refractivity contribution in [1.82, 2.24) is 4.98 Å². The Morgan fingerprint density at radius 3 is 2.67 bits per heavy atom. The number of aromatic nitrogens is 1. The van der Waals surface area contributed by atoms with Gasteiger partial charge >= 0.3 is 5.97 Å². The molecule has 0 spiro atoms. The number of pyridine rings is 1. The van der Waals surface area contributed by atoms with E-state index >= 15 is 0 Å². The average Bonchev–Trinajstić information content (AvgIpc) is 2.17. The van der Waals surface area contributed by atoms with Gasteiger partial charge in [0, 0.05) is 6.20 Å². The van der Waals surface area contributed by atoms with Crippen LogP contribution in [0.4, 0.5) is 0 Å². The van der Waals surface area contributed by atoms with E-state index in [0.29, 0.717) is 0 Å². The number of hydrogen-bond acceptors (Lipinski definition) is 4. The zero-order valence-electron chi connectivity index (χ0n) is 7.79. The van der Waals surface area contributed by atoms with Crippen molar-refractivity contribution in [2.45, 2.75) is 6.92 Å². The Labute approximate surface area is 96.2 Å². The Hall–Kier alpha value is -1.13. The van der Waals surface area contributed by atoms with Crippen molar-refractivity contribution < 1.29 is 14.3 Å². The first-order chi connectivity index (χ1) is 7.06. The summed E-state index contributed by atoms with van der Waals surface area (Å²) in [5.74, 6) is -1.78. The van der Waals surface area contributed by atoms with Gasteiger partial charge in [0.15, 0.2) is 0 Å². The number of carbonyl (C=O) groups is 2. The van der Waals surface area contributed by atoms with Crippen molar-refractivity contribution in [1.29, 1.82) is 0 Å². The van der Waals surface area contributed by atoms with E-state index < -0.39 is 11.8 Å². The van der Waals surface area contributed by atoms with Gasteiger partial charge in [0.1, 0.15) is 5.15 Å². The molecule has 0 fully saturated rings. The number of halogens is 2. The van der Waals surface area contributed by atoms with Gasteiger partial charge in [0.2, 0.25) is 0 Å². The van der Waals surface area contributed by atoms with Crippen molar-refractivity contribution in [3.8, 4) is 0 Å². The molecule has 0 aliphatic carbocycles. The highest BCUT2D eigenvalue weighted by molar-refractivity contribution is 6.45. The largest absolute Gasteiger partial charge is 0.460 e. The van der Waals surface area contributed by atoms with E-state index in [1.807, 2.05) is 0 Å². The Morgan fingerprint density at radius 2 is 2.13 bits per heavy atom. The first-order valence-electron chi connectivity index (χ1n) is 4.08. The summed E-state index contributed by atoms with van der Waals surface area (Å²) in [4.78, 5) is 26.2. The smallest absolute Gasteiger partial charge is 0.379 e. The highest BCUT2D eigenvalue weighted by Gasteiger charge is 2.20. The minimum atomic E-state index is -0.955. The van der Waals surface area contributed by atoms with Gasteiger partial charge in [-0.15, -0.1) is 0 Å². The van der Waals surface area contributed by atoms with Gasteiger partial charge in [0.25, 0.3) is 5.78 Å². The average molecular weight is 248 g/mol. The van der Waals surface area contributed by atoms with Crippen LogP contribution in [0.15, 0.2) is 12.3 Å². The molecule has 0 amide bonds. The summed E-state index contributed by atoms with van der Waals surface area (Å²) in [7, 11) is 0. The van der Waals surface area contributed by atoms with Crippen LogP contribution >= 0.6 is 23.2 Å². The Morgan fingerprint density at radius 1 is 1.47 bits per heavy atom. The van der Waals surface area contributed by atoms with Crippen LogP contribution in [0.2, 0.25) is 10.2 Å². The van der Waals surface area contributed by atoms with Crippen molar-refractivity contribution >= 4 is 35.0 Å². The normalized spacial score (nSPS) is 9.80. The second kappa shape index (κ2) is 5.09. The molecule has 1 heterocycles. The zero-order valence-corrected chi connectivity index (χ0v) is 9.30. The zero-order chi connectivity index (χ0) is 11.4. The molecule has 0 radical (unpaired) electrons. The van der Waals surface area contributed by atoms with E-state index in [1.165, 1.54) is 6.07 Å². The van der Waals surface area contributed by atoms with Crippen LogP contribution in [0.5, 0.6) is 0 Å².